The largest absolute Gasteiger partial charge is 0.496 e. The molecule has 0 saturated heterocycles. The molecule has 0 spiro atoms. The summed E-state index contributed by atoms with van der Waals surface area (Å²) < 4.78 is 5.47. The van der Waals surface area contributed by atoms with E-state index in [1.165, 1.54) is 16.3 Å². The average molecular weight is 240 g/mol. The van der Waals surface area contributed by atoms with Crippen LogP contribution >= 0.6 is 0 Å². The van der Waals surface area contributed by atoms with Gasteiger partial charge in [-0.3, -0.25) is 4.79 Å². The Labute approximate surface area is 107 Å². The molecule has 2 nitrogen and oxygen atoms in total. The lowest BCUT2D eigenvalue weighted by atomic mass is 9.98. The number of fused-ring (bicyclic) bond motifs is 1. The van der Waals surface area contributed by atoms with E-state index in [-0.39, 0.29) is 11.7 Å². The van der Waals surface area contributed by atoms with Crippen molar-refractivity contribution in [2.45, 2.75) is 19.3 Å². The van der Waals surface area contributed by atoms with Crippen LogP contribution in [0.25, 0.3) is 10.8 Å². The number of ketones is 1. The zero-order valence-electron chi connectivity index (χ0n) is 10.6. The Hall–Kier alpha value is -1.83. The van der Waals surface area contributed by atoms with Crippen molar-refractivity contribution in [1.29, 1.82) is 0 Å². The predicted molar refractivity (Wildman–Crippen MR) is 72.0 cm³/mol. The van der Waals surface area contributed by atoms with E-state index in [1.807, 2.05) is 18.2 Å². The first kappa shape index (κ1) is 11.3. The second kappa shape index (κ2) is 4.13. The Kier molecular flexibility index (Phi) is 2.58. The van der Waals surface area contributed by atoms with Gasteiger partial charge in [0.05, 0.1) is 7.11 Å². The lowest BCUT2D eigenvalue weighted by molar-refractivity contribution is -0.118. The van der Waals surface area contributed by atoms with Crippen molar-refractivity contribution in [2.75, 3.05) is 7.11 Å². The number of hydrogen-bond donors (Lipinski definition) is 0. The van der Waals surface area contributed by atoms with Crippen molar-refractivity contribution in [3.05, 3.63) is 42.0 Å². The normalized spacial score (nSPS) is 21.9. The highest BCUT2D eigenvalue weighted by Gasteiger charge is 2.43. The highest BCUT2D eigenvalue weighted by atomic mass is 16.5. The van der Waals surface area contributed by atoms with E-state index in [0.717, 1.165) is 12.2 Å². The van der Waals surface area contributed by atoms with Gasteiger partial charge < -0.3 is 4.74 Å². The predicted octanol–water partition coefficient (Wildman–Crippen LogP) is 3.54. The first-order valence-corrected chi connectivity index (χ1v) is 6.28. The van der Waals surface area contributed by atoms with Crippen LogP contribution in [0.3, 0.4) is 0 Å². The molecule has 18 heavy (non-hydrogen) atoms. The molecule has 0 aliphatic heterocycles. The van der Waals surface area contributed by atoms with E-state index in [9.17, 15) is 4.79 Å². The van der Waals surface area contributed by atoms with Crippen LogP contribution in [0.4, 0.5) is 0 Å². The van der Waals surface area contributed by atoms with Crippen molar-refractivity contribution in [3.8, 4) is 5.75 Å². The Bertz CT molecular complexity index is 616. The third-order valence-electron chi connectivity index (χ3n) is 3.83. The molecule has 2 aromatic carbocycles. The van der Waals surface area contributed by atoms with E-state index >= 15 is 0 Å². The first-order chi connectivity index (χ1) is 8.72. The van der Waals surface area contributed by atoms with Gasteiger partial charge in [-0.25, -0.2) is 0 Å². The molecule has 3 rings (SSSR count). The molecule has 2 atom stereocenters. The van der Waals surface area contributed by atoms with Crippen LogP contribution in [0.5, 0.6) is 5.75 Å². The maximum atomic E-state index is 11.5. The molecular formula is C16H16O2. The molecule has 0 heterocycles. The molecule has 0 radical (unpaired) electrons. The number of Topliss-reactive ketones (excluding diaryl/α,β-unsaturated/α-hetero) is 1. The van der Waals surface area contributed by atoms with Gasteiger partial charge in [0.1, 0.15) is 11.5 Å². The van der Waals surface area contributed by atoms with Crippen LogP contribution in [0.15, 0.2) is 36.4 Å². The molecule has 1 saturated carbocycles. The third kappa shape index (κ3) is 1.69. The van der Waals surface area contributed by atoms with E-state index in [0.29, 0.717) is 5.92 Å². The molecule has 0 amide bonds. The standard InChI is InChI=1S/C16H16O2/c1-10(17)13-9-14(13)16-12-6-4-3-5-11(12)7-8-15(16)18-2/h3-8,13-14H,9H2,1-2H3/t13-,14-/m1/s1. The van der Waals surface area contributed by atoms with Gasteiger partial charge in [0, 0.05) is 11.5 Å². The molecule has 2 heteroatoms. The summed E-state index contributed by atoms with van der Waals surface area (Å²) in [6.07, 6.45) is 0.958. The minimum absolute atomic E-state index is 0.185. The highest BCUT2D eigenvalue weighted by molar-refractivity contribution is 5.91. The summed E-state index contributed by atoms with van der Waals surface area (Å²) in [4.78, 5) is 11.5. The fraction of sp³-hybridized carbons (Fsp3) is 0.312. The second-order valence-corrected chi connectivity index (χ2v) is 4.96. The van der Waals surface area contributed by atoms with Gasteiger partial charge in [0.2, 0.25) is 0 Å². The quantitative estimate of drug-likeness (QED) is 0.820. The van der Waals surface area contributed by atoms with Crippen molar-refractivity contribution < 1.29 is 9.53 Å². The third-order valence-corrected chi connectivity index (χ3v) is 3.83. The van der Waals surface area contributed by atoms with Crippen molar-refractivity contribution >= 4 is 16.6 Å². The van der Waals surface area contributed by atoms with Crippen molar-refractivity contribution in [1.82, 2.24) is 0 Å². The Morgan fingerprint density at radius 1 is 1.22 bits per heavy atom. The van der Waals surface area contributed by atoms with Gasteiger partial charge in [-0.05, 0) is 36.1 Å². The monoisotopic (exact) mass is 240 g/mol. The van der Waals surface area contributed by atoms with Gasteiger partial charge >= 0.3 is 0 Å². The number of ether oxygens (including phenoxy) is 1. The van der Waals surface area contributed by atoms with E-state index in [2.05, 4.69) is 18.2 Å². The van der Waals surface area contributed by atoms with Crippen LogP contribution in [0.2, 0.25) is 0 Å². The lowest BCUT2D eigenvalue weighted by Crippen LogP contribution is -1.98. The van der Waals surface area contributed by atoms with E-state index in [4.69, 9.17) is 4.74 Å². The SMILES string of the molecule is COc1ccc2ccccc2c1[C@@H]1C[C@@H]1C(C)=O. The summed E-state index contributed by atoms with van der Waals surface area (Å²) in [6.45, 7) is 1.68. The van der Waals surface area contributed by atoms with Crippen LogP contribution in [0, 0.1) is 5.92 Å². The van der Waals surface area contributed by atoms with Crippen molar-refractivity contribution in [3.63, 3.8) is 0 Å². The summed E-state index contributed by atoms with van der Waals surface area (Å²) in [7, 11) is 1.69. The minimum atomic E-state index is 0.185. The molecule has 2 aromatic rings. The molecule has 0 aromatic heterocycles. The highest BCUT2D eigenvalue weighted by Crippen LogP contribution is 2.52. The van der Waals surface area contributed by atoms with Crippen LogP contribution in [0.1, 0.15) is 24.8 Å². The van der Waals surface area contributed by atoms with Crippen LogP contribution in [-0.4, -0.2) is 12.9 Å². The fourth-order valence-corrected chi connectivity index (χ4v) is 2.80. The van der Waals surface area contributed by atoms with Gasteiger partial charge in [-0.2, -0.15) is 0 Å². The maximum Gasteiger partial charge on any atom is 0.133 e. The number of hydrogen-bond acceptors (Lipinski definition) is 2. The molecule has 0 unspecified atom stereocenters. The van der Waals surface area contributed by atoms with Crippen molar-refractivity contribution in [2.24, 2.45) is 5.92 Å². The number of rotatable bonds is 3. The lowest BCUT2D eigenvalue weighted by Gasteiger charge is -2.11. The fourth-order valence-electron chi connectivity index (χ4n) is 2.80. The van der Waals surface area contributed by atoms with E-state index < -0.39 is 0 Å². The van der Waals surface area contributed by atoms with Crippen LogP contribution in [-0.2, 0) is 4.79 Å². The Morgan fingerprint density at radius 3 is 2.67 bits per heavy atom. The van der Waals surface area contributed by atoms with Gasteiger partial charge in [-0.15, -0.1) is 0 Å². The molecular weight excluding hydrogens is 224 g/mol. The smallest absolute Gasteiger partial charge is 0.133 e. The summed E-state index contributed by atoms with van der Waals surface area (Å²) in [5, 5.41) is 2.42. The minimum Gasteiger partial charge on any atom is -0.496 e. The zero-order chi connectivity index (χ0) is 12.7. The number of benzene rings is 2. The molecule has 0 bridgehead atoms. The van der Waals surface area contributed by atoms with Gasteiger partial charge in [0.25, 0.3) is 0 Å². The molecule has 1 aliphatic carbocycles. The number of carbonyl (C=O) groups excluding carboxylic acids is 1. The zero-order valence-corrected chi connectivity index (χ0v) is 10.6. The average Bonchev–Trinajstić information content (AvgIpc) is 3.17. The Balaban J connectivity index is 2.16. The first-order valence-electron chi connectivity index (χ1n) is 6.28. The molecule has 1 aliphatic rings. The summed E-state index contributed by atoms with van der Waals surface area (Å²) in [6, 6.07) is 12.4. The van der Waals surface area contributed by atoms with E-state index in [1.54, 1.807) is 14.0 Å². The van der Waals surface area contributed by atoms with Gasteiger partial charge in [0.15, 0.2) is 0 Å². The second-order valence-electron chi connectivity index (χ2n) is 4.96. The Morgan fingerprint density at radius 2 is 2.00 bits per heavy atom. The topological polar surface area (TPSA) is 26.3 Å². The summed E-state index contributed by atoms with van der Waals surface area (Å²) >= 11 is 0. The van der Waals surface area contributed by atoms with Crippen LogP contribution < -0.4 is 4.74 Å². The number of carbonyl (C=O) groups is 1. The van der Waals surface area contributed by atoms with Gasteiger partial charge in [-0.1, -0.05) is 30.3 Å². The molecule has 1 fully saturated rings. The number of methoxy groups -OCH3 is 1. The molecule has 0 N–H and O–H groups in total. The molecule has 92 valence electrons. The summed E-state index contributed by atoms with van der Waals surface area (Å²) in [5.41, 5.74) is 1.20. The summed E-state index contributed by atoms with van der Waals surface area (Å²) in [5.74, 6) is 1.71. The maximum absolute atomic E-state index is 11.5.